The van der Waals surface area contributed by atoms with Gasteiger partial charge in [0.25, 0.3) is 0 Å². The Labute approximate surface area is 199 Å². The highest BCUT2D eigenvalue weighted by Gasteiger charge is 2.31. The van der Waals surface area contributed by atoms with Crippen molar-refractivity contribution in [3.63, 3.8) is 0 Å². The summed E-state index contributed by atoms with van der Waals surface area (Å²) < 4.78 is 13.4. The van der Waals surface area contributed by atoms with E-state index in [4.69, 9.17) is 5.73 Å². The van der Waals surface area contributed by atoms with Gasteiger partial charge in [-0.1, -0.05) is 70.7 Å². The topological polar surface area (TPSA) is 58.4 Å². The zero-order valence-corrected chi connectivity index (χ0v) is 21.0. The van der Waals surface area contributed by atoms with Gasteiger partial charge in [-0.2, -0.15) is 12.6 Å². The first-order chi connectivity index (χ1) is 15.6. The Kier molecular flexibility index (Phi) is 14.1. The molecule has 3 N–H and O–H groups in total. The highest BCUT2D eigenvalue weighted by molar-refractivity contribution is 7.79. The average Bonchev–Trinajstić information content (AvgIpc) is 3.46. The van der Waals surface area contributed by atoms with Crippen LogP contribution >= 0.6 is 12.6 Å². The van der Waals surface area contributed by atoms with Crippen LogP contribution in [0.4, 0.5) is 4.39 Å². The smallest absolute Gasteiger partial charge is 0.210 e. The second kappa shape index (κ2) is 15.9. The Morgan fingerprint density at radius 1 is 1.22 bits per heavy atom. The molecule has 0 bridgehead atoms. The van der Waals surface area contributed by atoms with Crippen molar-refractivity contribution in [1.82, 2.24) is 10.2 Å². The molecule has 1 saturated carbocycles. The standard InChI is InChI=1S/C17H20FN3O.C6H12.C2H6.CH4S/c18-13-4-1-3-12(9-13)16-6-2-5-14(20-16)10-17-15(19)7-8-21(17)11-22;1-6-4-2-3-5-6;2*1-2/h1-6,9,11,15-17,20H,7-8,10,19H2;6H,2-5H2,1H3;1-2H3;2H,1H3. The highest BCUT2D eigenvalue weighted by Crippen LogP contribution is 2.26. The first kappa shape index (κ1) is 28.2. The van der Waals surface area contributed by atoms with E-state index in [0.717, 1.165) is 30.0 Å². The molecule has 1 aromatic rings. The first-order valence-corrected chi connectivity index (χ1v) is 12.8. The average molecular weight is 464 g/mol. The Balaban J connectivity index is 0.000000432. The van der Waals surface area contributed by atoms with Crippen LogP contribution in [0, 0.1) is 11.7 Å². The van der Waals surface area contributed by atoms with Crippen LogP contribution in [0.3, 0.4) is 0 Å². The fraction of sp³-hybridized carbons (Fsp3) is 0.577. The van der Waals surface area contributed by atoms with Gasteiger partial charge in [0, 0.05) is 24.7 Å². The molecule has 2 fully saturated rings. The number of nitrogens with one attached hydrogen (secondary N) is 1. The Morgan fingerprint density at radius 2 is 1.91 bits per heavy atom. The van der Waals surface area contributed by atoms with Crippen molar-refractivity contribution in [2.45, 2.75) is 77.4 Å². The fourth-order valence-electron chi connectivity index (χ4n) is 4.26. The number of benzene rings is 1. The van der Waals surface area contributed by atoms with E-state index in [1.807, 2.05) is 38.1 Å². The first-order valence-electron chi connectivity index (χ1n) is 11.9. The van der Waals surface area contributed by atoms with Crippen LogP contribution in [-0.4, -0.2) is 36.2 Å². The van der Waals surface area contributed by atoms with Gasteiger partial charge in [0.15, 0.2) is 0 Å². The molecule has 1 amide bonds. The van der Waals surface area contributed by atoms with E-state index < -0.39 is 0 Å². The molecule has 1 aliphatic carbocycles. The third-order valence-electron chi connectivity index (χ3n) is 6.00. The van der Waals surface area contributed by atoms with Gasteiger partial charge in [0.2, 0.25) is 6.41 Å². The minimum absolute atomic E-state index is 0.00595. The van der Waals surface area contributed by atoms with Gasteiger partial charge in [-0.25, -0.2) is 4.39 Å². The number of nitrogens with zero attached hydrogens (tertiary/aromatic N) is 1. The molecule has 0 spiro atoms. The normalized spacial score (nSPS) is 24.0. The van der Waals surface area contributed by atoms with Crippen molar-refractivity contribution in [2.75, 3.05) is 12.8 Å². The SMILES string of the molecule is CC.CC1CCCC1.CS.NC1CCN(C=O)C1CC1=CC=CC(c2cccc(F)c2)N1. The van der Waals surface area contributed by atoms with Crippen molar-refractivity contribution >= 4 is 19.0 Å². The Hall–Kier alpha value is -1.79. The van der Waals surface area contributed by atoms with Gasteiger partial charge in [-0.05, 0) is 42.4 Å². The van der Waals surface area contributed by atoms with Crippen LogP contribution in [0.2, 0.25) is 0 Å². The third kappa shape index (κ3) is 8.99. The lowest BCUT2D eigenvalue weighted by Crippen LogP contribution is -2.40. The maximum atomic E-state index is 13.4. The van der Waals surface area contributed by atoms with Gasteiger partial charge < -0.3 is 16.0 Å². The molecule has 3 atom stereocenters. The number of carbonyl (C=O) groups is 1. The number of likely N-dealkylation sites (tertiary alicyclic amines) is 1. The van der Waals surface area contributed by atoms with Crippen LogP contribution < -0.4 is 11.1 Å². The number of carbonyl (C=O) groups excluding carboxylic acids is 1. The van der Waals surface area contributed by atoms with E-state index in [2.05, 4.69) is 24.9 Å². The fourth-order valence-corrected chi connectivity index (χ4v) is 4.26. The van der Waals surface area contributed by atoms with Crippen molar-refractivity contribution in [3.05, 3.63) is 59.6 Å². The highest BCUT2D eigenvalue weighted by atomic mass is 32.1. The van der Waals surface area contributed by atoms with Crippen molar-refractivity contribution in [1.29, 1.82) is 0 Å². The van der Waals surface area contributed by atoms with E-state index in [1.165, 1.54) is 37.8 Å². The maximum Gasteiger partial charge on any atom is 0.210 e. The van der Waals surface area contributed by atoms with Crippen LogP contribution in [0.1, 0.15) is 70.9 Å². The molecule has 0 aromatic heterocycles. The lowest BCUT2D eigenvalue weighted by Gasteiger charge is -2.28. The zero-order valence-electron chi connectivity index (χ0n) is 20.1. The molecular formula is C26H42FN3OS. The zero-order chi connectivity index (χ0) is 23.9. The molecule has 32 heavy (non-hydrogen) atoms. The summed E-state index contributed by atoms with van der Waals surface area (Å²) >= 11 is 3.53. The van der Waals surface area contributed by atoms with E-state index >= 15 is 0 Å². The van der Waals surface area contributed by atoms with Crippen LogP contribution in [0.5, 0.6) is 0 Å². The minimum Gasteiger partial charge on any atom is -0.378 e. The molecule has 1 saturated heterocycles. The van der Waals surface area contributed by atoms with Gasteiger partial charge in [-0.15, -0.1) is 0 Å². The summed E-state index contributed by atoms with van der Waals surface area (Å²) in [5, 5.41) is 3.40. The largest absolute Gasteiger partial charge is 0.378 e. The number of nitrogens with two attached hydrogens (primary N) is 1. The van der Waals surface area contributed by atoms with E-state index in [0.29, 0.717) is 13.0 Å². The number of dihydropyridines is 1. The summed E-state index contributed by atoms with van der Waals surface area (Å²) in [7, 11) is 0. The summed E-state index contributed by atoms with van der Waals surface area (Å²) in [6.07, 6.45) is 16.0. The van der Waals surface area contributed by atoms with E-state index in [-0.39, 0.29) is 23.9 Å². The van der Waals surface area contributed by atoms with Crippen LogP contribution in [-0.2, 0) is 4.79 Å². The summed E-state index contributed by atoms with van der Waals surface area (Å²) in [6.45, 7) is 7.05. The molecule has 0 radical (unpaired) electrons. The summed E-state index contributed by atoms with van der Waals surface area (Å²) in [5.41, 5.74) is 8.00. The lowest BCUT2D eigenvalue weighted by molar-refractivity contribution is -0.118. The second-order valence-corrected chi connectivity index (χ2v) is 8.21. The van der Waals surface area contributed by atoms with Crippen molar-refractivity contribution in [2.24, 2.45) is 11.7 Å². The maximum absolute atomic E-state index is 13.4. The molecule has 3 unspecified atom stereocenters. The molecule has 4 rings (SSSR count). The van der Waals surface area contributed by atoms with Crippen LogP contribution in [0.15, 0.2) is 48.2 Å². The minimum atomic E-state index is -0.242. The third-order valence-corrected chi connectivity index (χ3v) is 6.00. The predicted molar refractivity (Wildman–Crippen MR) is 137 cm³/mol. The molecule has 3 aliphatic rings. The number of amides is 1. The van der Waals surface area contributed by atoms with Gasteiger partial charge in [0.1, 0.15) is 5.82 Å². The molecule has 4 nitrogen and oxygen atoms in total. The predicted octanol–water partition coefficient (Wildman–Crippen LogP) is 5.63. The molecule has 180 valence electrons. The van der Waals surface area contributed by atoms with Gasteiger partial charge in [-0.3, -0.25) is 4.79 Å². The van der Waals surface area contributed by atoms with Crippen molar-refractivity contribution in [3.8, 4) is 0 Å². The molecule has 6 heteroatoms. The lowest BCUT2D eigenvalue weighted by atomic mass is 9.99. The number of allylic oxidation sites excluding steroid dienone is 2. The van der Waals surface area contributed by atoms with E-state index in [1.54, 1.807) is 17.2 Å². The second-order valence-electron chi connectivity index (χ2n) is 8.21. The van der Waals surface area contributed by atoms with Crippen molar-refractivity contribution < 1.29 is 9.18 Å². The van der Waals surface area contributed by atoms with Crippen LogP contribution in [0.25, 0.3) is 0 Å². The summed E-state index contributed by atoms with van der Waals surface area (Å²) in [5.74, 6) is 0.804. The van der Waals surface area contributed by atoms with E-state index in [9.17, 15) is 9.18 Å². The molecule has 2 heterocycles. The summed E-state index contributed by atoms with van der Waals surface area (Å²) in [4.78, 5) is 12.9. The number of hydrogen-bond donors (Lipinski definition) is 3. The Bertz CT molecular complexity index is 719. The molecule has 1 aromatic carbocycles. The number of rotatable bonds is 4. The molecular weight excluding hydrogens is 421 g/mol. The number of hydrogen-bond acceptors (Lipinski definition) is 4. The number of halogens is 1. The number of thiol groups is 1. The molecule has 2 aliphatic heterocycles. The Morgan fingerprint density at radius 3 is 2.47 bits per heavy atom. The monoisotopic (exact) mass is 463 g/mol. The van der Waals surface area contributed by atoms with Gasteiger partial charge >= 0.3 is 0 Å². The summed E-state index contributed by atoms with van der Waals surface area (Å²) in [6, 6.07) is 6.54. The van der Waals surface area contributed by atoms with Gasteiger partial charge in [0.05, 0.1) is 12.1 Å². The quantitative estimate of drug-likeness (QED) is 0.401.